The molecule has 4 rings (SSSR count). The van der Waals surface area contributed by atoms with Crippen molar-refractivity contribution in [2.75, 3.05) is 53.5 Å². The fourth-order valence-corrected chi connectivity index (χ4v) is 13.4. The van der Waals surface area contributed by atoms with E-state index in [0.29, 0.717) is 42.7 Å². The van der Waals surface area contributed by atoms with Gasteiger partial charge in [-0.3, -0.25) is 33.7 Å². The standard InChI is InChI=1S/C54H93N5O9/c1-9-15-37(2)38(3)16-14-17-39(4)43-22-23-44-42-21-20-40-34-41(24-28-53(40,5)45(42)25-29-54(43,44)6)55-30-13-11-19-47(60)57-32-27-49(62)58-33-26-48(61)56-31-12-10-18-46(52(66)68-8)59(35-50(63)64)36-51(65)67-7/h20,37-39,41-46,55H,9-19,21-36H2,1-8H3,(H,56,61)(H,57,60)(H,58,62)(H,63,64). The van der Waals surface area contributed by atoms with Crippen LogP contribution >= 0.6 is 0 Å². The maximum Gasteiger partial charge on any atom is 0.323 e. The Morgan fingerprint density at radius 2 is 1.38 bits per heavy atom. The zero-order valence-corrected chi connectivity index (χ0v) is 43.5. The Labute approximate surface area is 409 Å². The molecule has 0 saturated heterocycles. The van der Waals surface area contributed by atoms with Crippen molar-refractivity contribution in [2.24, 2.45) is 52.3 Å². The Kier molecular flexibility index (Phi) is 23.8. The first kappa shape index (κ1) is 57.1. The van der Waals surface area contributed by atoms with E-state index in [4.69, 9.17) is 4.74 Å². The molecule has 11 unspecified atom stereocenters. The molecule has 3 amide bonds. The lowest BCUT2D eigenvalue weighted by atomic mass is 9.47. The van der Waals surface area contributed by atoms with Gasteiger partial charge >= 0.3 is 17.9 Å². The molecule has 0 aliphatic heterocycles. The van der Waals surface area contributed by atoms with Gasteiger partial charge in [-0.25, -0.2) is 0 Å². The van der Waals surface area contributed by atoms with Gasteiger partial charge in [0.15, 0.2) is 0 Å². The zero-order valence-electron chi connectivity index (χ0n) is 43.5. The SMILES string of the molecule is CCCC(C)C(C)CCCC(C)C1CCC2C3CC=C4CC(NCCCCC(=O)NCCC(=O)NCCC(=O)NCCCCC(C(=O)OC)N(CC(=O)O)CC(=O)OC)CCC4(C)C3CCC12C. The fraction of sp³-hybridized carbons (Fsp3) is 0.852. The van der Waals surface area contributed by atoms with Gasteiger partial charge in [-0.15, -0.1) is 0 Å². The number of hydrogen-bond acceptors (Lipinski definition) is 10. The zero-order chi connectivity index (χ0) is 49.9. The highest BCUT2D eigenvalue weighted by Crippen LogP contribution is 2.67. The van der Waals surface area contributed by atoms with Crippen LogP contribution in [0.1, 0.15) is 176 Å². The lowest BCUT2D eigenvalue weighted by Crippen LogP contribution is -2.51. The number of carboxylic acid groups (broad SMARTS) is 1. The molecule has 0 aromatic rings. The minimum atomic E-state index is -1.20. The highest BCUT2D eigenvalue weighted by Gasteiger charge is 2.59. The number of allylic oxidation sites excluding steroid dienone is 1. The molecule has 4 aliphatic rings. The molecular formula is C54H93N5O9. The highest BCUT2D eigenvalue weighted by atomic mass is 16.5. The van der Waals surface area contributed by atoms with Crippen LogP contribution in [0.25, 0.3) is 0 Å². The van der Waals surface area contributed by atoms with E-state index in [2.05, 4.69) is 73.6 Å². The van der Waals surface area contributed by atoms with Crippen molar-refractivity contribution in [1.29, 1.82) is 0 Å². The molecule has 0 radical (unpaired) electrons. The van der Waals surface area contributed by atoms with Crippen molar-refractivity contribution in [1.82, 2.24) is 26.2 Å². The van der Waals surface area contributed by atoms with Crippen molar-refractivity contribution in [3.8, 4) is 0 Å². The molecule has 68 heavy (non-hydrogen) atoms. The quantitative estimate of drug-likeness (QED) is 0.0257. The molecule has 0 aromatic carbocycles. The van der Waals surface area contributed by atoms with Crippen LogP contribution in [0.15, 0.2) is 11.6 Å². The smallest absolute Gasteiger partial charge is 0.323 e. The third-order valence-corrected chi connectivity index (χ3v) is 17.5. The Morgan fingerprint density at radius 1 is 0.721 bits per heavy atom. The second-order valence-electron chi connectivity index (χ2n) is 21.9. The number of amides is 3. The first-order valence-corrected chi connectivity index (χ1v) is 26.8. The molecular weight excluding hydrogens is 863 g/mol. The van der Waals surface area contributed by atoms with Gasteiger partial charge in [0.2, 0.25) is 17.7 Å². The molecule has 14 heteroatoms. The van der Waals surface area contributed by atoms with Crippen molar-refractivity contribution in [3.05, 3.63) is 11.6 Å². The van der Waals surface area contributed by atoms with Crippen molar-refractivity contribution < 1.29 is 43.3 Å². The van der Waals surface area contributed by atoms with Crippen molar-refractivity contribution in [2.45, 2.75) is 188 Å². The lowest BCUT2D eigenvalue weighted by molar-refractivity contribution is -0.153. The van der Waals surface area contributed by atoms with E-state index in [1.807, 2.05) is 0 Å². The van der Waals surface area contributed by atoms with Gasteiger partial charge in [0.25, 0.3) is 0 Å². The molecule has 0 spiro atoms. The fourth-order valence-electron chi connectivity index (χ4n) is 13.4. The Morgan fingerprint density at radius 3 is 2.04 bits per heavy atom. The van der Waals surface area contributed by atoms with E-state index >= 15 is 0 Å². The number of nitrogens with zero attached hydrogens (tertiary/aromatic N) is 1. The van der Waals surface area contributed by atoms with Gasteiger partial charge in [-0.05, 0) is 142 Å². The van der Waals surface area contributed by atoms with Crippen LogP contribution in [0, 0.1) is 52.3 Å². The molecule has 4 aliphatic carbocycles. The van der Waals surface area contributed by atoms with E-state index in [9.17, 15) is 33.9 Å². The summed E-state index contributed by atoms with van der Waals surface area (Å²) in [5.41, 5.74) is 2.57. The third kappa shape index (κ3) is 16.5. The summed E-state index contributed by atoms with van der Waals surface area (Å²) in [6.45, 7) is 15.9. The molecule has 3 saturated carbocycles. The van der Waals surface area contributed by atoms with Crippen LogP contribution in [-0.2, 0) is 38.2 Å². The van der Waals surface area contributed by atoms with Gasteiger partial charge in [0.05, 0.1) is 27.3 Å². The normalized spacial score (nSPS) is 27.0. The monoisotopic (exact) mass is 956 g/mol. The molecule has 0 heterocycles. The molecule has 5 N–H and O–H groups in total. The maximum atomic E-state index is 12.5. The Hall–Kier alpha value is -3.52. The summed E-state index contributed by atoms with van der Waals surface area (Å²) < 4.78 is 9.45. The number of carboxylic acids is 1. The summed E-state index contributed by atoms with van der Waals surface area (Å²) in [6, 6.07) is -0.455. The van der Waals surface area contributed by atoms with Crippen LogP contribution in [0.4, 0.5) is 0 Å². The summed E-state index contributed by atoms with van der Waals surface area (Å²) in [6.07, 6.45) is 23.7. The minimum Gasteiger partial charge on any atom is -0.480 e. The van der Waals surface area contributed by atoms with E-state index < -0.39 is 30.5 Å². The molecule has 11 atom stereocenters. The summed E-state index contributed by atoms with van der Waals surface area (Å²) in [5.74, 6) is 2.89. The second kappa shape index (κ2) is 28.4. The van der Waals surface area contributed by atoms with Crippen LogP contribution in [0.2, 0.25) is 0 Å². The summed E-state index contributed by atoms with van der Waals surface area (Å²) in [4.78, 5) is 73.8. The van der Waals surface area contributed by atoms with Gasteiger partial charge in [-0.2, -0.15) is 0 Å². The number of carbonyl (C=O) groups excluding carboxylic acids is 5. The Balaban J connectivity index is 1.04. The highest BCUT2D eigenvalue weighted by molar-refractivity contribution is 5.81. The van der Waals surface area contributed by atoms with Crippen molar-refractivity contribution in [3.63, 3.8) is 0 Å². The summed E-state index contributed by atoms with van der Waals surface area (Å²) in [7, 11) is 2.37. The average Bonchev–Trinajstić information content (AvgIpc) is 3.66. The number of nitrogens with one attached hydrogen (secondary N) is 4. The minimum absolute atomic E-state index is 0.0581. The first-order valence-electron chi connectivity index (χ1n) is 26.8. The van der Waals surface area contributed by atoms with E-state index in [1.54, 1.807) is 5.57 Å². The van der Waals surface area contributed by atoms with Crippen LogP contribution in [0.5, 0.6) is 0 Å². The largest absolute Gasteiger partial charge is 0.480 e. The first-order chi connectivity index (χ1) is 32.5. The summed E-state index contributed by atoms with van der Waals surface area (Å²) >= 11 is 0. The predicted octanol–water partition coefficient (Wildman–Crippen LogP) is 7.97. The number of hydrogen-bond donors (Lipinski definition) is 5. The van der Waals surface area contributed by atoms with Gasteiger partial charge < -0.3 is 35.8 Å². The van der Waals surface area contributed by atoms with Gasteiger partial charge in [0, 0.05) is 44.9 Å². The van der Waals surface area contributed by atoms with Gasteiger partial charge in [-0.1, -0.05) is 85.3 Å². The molecule has 388 valence electrons. The number of esters is 2. The van der Waals surface area contributed by atoms with Crippen LogP contribution in [0.3, 0.4) is 0 Å². The number of fused-ring (bicyclic) bond motifs is 5. The number of ether oxygens (including phenoxy) is 2. The molecule has 0 bridgehead atoms. The third-order valence-electron chi connectivity index (χ3n) is 17.5. The number of rotatable bonds is 31. The van der Waals surface area contributed by atoms with E-state index in [1.165, 1.54) is 96.2 Å². The number of unbranched alkanes of at least 4 members (excludes halogenated alkanes) is 2. The average molecular weight is 956 g/mol. The summed E-state index contributed by atoms with van der Waals surface area (Å²) in [5, 5.41) is 21.4. The lowest BCUT2D eigenvalue weighted by Gasteiger charge is -2.58. The van der Waals surface area contributed by atoms with Crippen LogP contribution < -0.4 is 21.3 Å². The molecule has 3 fully saturated rings. The van der Waals surface area contributed by atoms with E-state index in [0.717, 1.165) is 67.2 Å². The number of aliphatic carboxylic acids is 1. The Bertz CT molecular complexity index is 1670. The molecule has 0 aromatic heterocycles. The van der Waals surface area contributed by atoms with E-state index in [-0.39, 0.29) is 56.6 Å². The van der Waals surface area contributed by atoms with Crippen molar-refractivity contribution >= 4 is 35.6 Å². The predicted molar refractivity (Wildman–Crippen MR) is 266 cm³/mol. The number of carbonyl (C=O) groups is 6. The topological polar surface area (TPSA) is 192 Å². The molecule has 14 nitrogen and oxygen atoms in total. The maximum absolute atomic E-state index is 12.5. The number of methoxy groups -OCH3 is 2. The van der Waals surface area contributed by atoms with Gasteiger partial charge in [0.1, 0.15) is 6.04 Å². The second-order valence-corrected chi connectivity index (χ2v) is 21.9. The van der Waals surface area contributed by atoms with Crippen LogP contribution in [-0.4, -0.2) is 111 Å².